The number of hydrogen-bond donors (Lipinski definition) is 2. The summed E-state index contributed by atoms with van der Waals surface area (Å²) >= 11 is 1.23. The van der Waals surface area contributed by atoms with Crippen LogP contribution in [0.5, 0.6) is 0 Å². The Morgan fingerprint density at radius 3 is 2.36 bits per heavy atom. The number of nitrogens with one attached hydrogen (secondary N) is 2. The Balaban J connectivity index is 1.79. The third kappa shape index (κ3) is 4.98. The summed E-state index contributed by atoms with van der Waals surface area (Å²) in [5.41, 5.74) is 1.82. The van der Waals surface area contributed by atoms with Gasteiger partial charge in [-0.3, -0.25) is 14.7 Å². The third-order valence-electron chi connectivity index (χ3n) is 3.80. The van der Waals surface area contributed by atoms with Gasteiger partial charge in [0.15, 0.2) is 11.0 Å². The lowest BCUT2D eigenvalue weighted by Gasteiger charge is -2.10. The molecule has 8 heteroatoms. The Morgan fingerprint density at radius 1 is 1.00 bits per heavy atom. The van der Waals surface area contributed by atoms with Gasteiger partial charge in [0, 0.05) is 17.8 Å². The van der Waals surface area contributed by atoms with E-state index >= 15 is 0 Å². The van der Waals surface area contributed by atoms with Gasteiger partial charge in [-0.05, 0) is 18.6 Å². The van der Waals surface area contributed by atoms with E-state index < -0.39 is 6.03 Å². The highest BCUT2D eigenvalue weighted by atomic mass is 32.2. The zero-order valence-corrected chi connectivity index (χ0v) is 16.3. The number of hydrogen-bond acceptors (Lipinski definition) is 5. The maximum Gasteiger partial charge on any atom is 0.321 e. The quantitative estimate of drug-likeness (QED) is 0.600. The summed E-state index contributed by atoms with van der Waals surface area (Å²) in [4.78, 5) is 23.7. The minimum atomic E-state index is -0.484. The van der Waals surface area contributed by atoms with E-state index in [0.29, 0.717) is 17.5 Å². The molecular weight excluding hydrogens is 374 g/mol. The van der Waals surface area contributed by atoms with Crippen LogP contribution >= 0.6 is 11.8 Å². The SMILES string of the molecule is CCCNC(=O)NC(=O)CSc1nnc(-c2ccccc2)n1-c1ccccc1. The van der Waals surface area contributed by atoms with Crippen molar-refractivity contribution in [1.82, 2.24) is 25.4 Å². The molecule has 0 aliphatic rings. The van der Waals surface area contributed by atoms with Gasteiger partial charge in [0.25, 0.3) is 0 Å². The molecule has 1 heterocycles. The van der Waals surface area contributed by atoms with Crippen molar-refractivity contribution in [1.29, 1.82) is 0 Å². The molecule has 0 unspecified atom stereocenters. The zero-order chi connectivity index (χ0) is 19.8. The van der Waals surface area contributed by atoms with Gasteiger partial charge in [0.05, 0.1) is 5.75 Å². The van der Waals surface area contributed by atoms with Crippen molar-refractivity contribution in [3.63, 3.8) is 0 Å². The highest BCUT2D eigenvalue weighted by Crippen LogP contribution is 2.27. The highest BCUT2D eigenvalue weighted by Gasteiger charge is 2.17. The number of para-hydroxylation sites is 1. The molecule has 0 radical (unpaired) electrons. The van der Waals surface area contributed by atoms with Gasteiger partial charge in [-0.15, -0.1) is 10.2 Å². The first-order chi connectivity index (χ1) is 13.7. The molecular formula is C20H21N5O2S. The summed E-state index contributed by atoms with van der Waals surface area (Å²) in [6, 6.07) is 19.0. The van der Waals surface area contributed by atoms with E-state index in [-0.39, 0.29) is 11.7 Å². The molecule has 0 atom stereocenters. The predicted octanol–water partition coefficient (Wildman–Crippen LogP) is 3.26. The topological polar surface area (TPSA) is 88.9 Å². The Bertz CT molecular complexity index is 928. The number of thioether (sulfide) groups is 1. The second-order valence-corrected chi connectivity index (χ2v) is 6.88. The average Bonchev–Trinajstić information content (AvgIpc) is 3.16. The van der Waals surface area contributed by atoms with Crippen LogP contribution in [0, 0.1) is 0 Å². The van der Waals surface area contributed by atoms with Crippen molar-refractivity contribution in [3.8, 4) is 17.1 Å². The molecule has 3 rings (SSSR count). The third-order valence-corrected chi connectivity index (χ3v) is 4.73. The average molecular weight is 395 g/mol. The van der Waals surface area contributed by atoms with Gasteiger partial charge < -0.3 is 5.32 Å². The maximum atomic E-state index is 12.1. The van der Waals surface area contributed by atoms with Crippen molar-refractivity contribution >= 4 is 23.7 Å². The first-order valence-corrected chi connectivity index (χ1v) is 9.94. The largest absolute Gasteiger partial charge is 0.338 e. The van der Waals surface area contributed by atoms with Crippen LogP contribution in [0.4, 0.5) is 4.79 Å². The number of amides is 3. The number of aromatic nitrogens is 3. The minimum Gasteiger partial charge on any atom is -0.338 e. The molecule has 0 saturated heterocycles. The van der Waals surface area contributed by atoms with Gasteiger partial charge in [0.1, 0.15) is 0 Å². The number of carbonyl (C=O) groups is 2. The van der Waals surface area contributed by atoms with Crippen LogP contribution in [0.3, 0.4) is 0 Å². The number of benzene rings is 2. The van der Waals surface area contributed by atoms with Crippen molar-refractivity contribution < 1.29 is 9.59 Å². The Labute approximate surface area is 167 Å². The van der Waals surface area contributed by atoms with Crippen molar-refractivity contribution in [2.45, 2.75) is 18.5 Å². The lowest BCUT2D eigenvalue weighted by molar-refractivity contribution is -0.117. The van der Waals surface area contributed by atoms with Gasteiger partial charge in [-0.1, -0.05) is 67.2 Å². The zero-order valence-electron chi connectivity index (χ0n) is 15.5. The second-order valence-electron chi connectivity index (χ2n) is 5.94. The molecule has 2 aromatic carbocycles. The first kappa shape index (κ1) is 19.6. The van der Waals surface area contributed by atoms with Crippen LogP contribution in [0.2, 0.25) is 0 Å². The summed E-state index contributed by atoms with van der Waals surface area (Å²) in [7, 11) is 0. The van der Waals surface area contributed by atoms with E-state index in [1.165, 1.54) is 11.8 Å². The number of urea groups is 1. The predicted molar refractivity (Wildman–Crippen MR) is 109 cm³/mol. The van der Waals surface area contributed by atoms with Gasteiger partial charge in [-0.25, -0.2) is 4.79 Å². The molecule has 0 fully saturated rings. The molecule has 0 aliphatic heterocycles. The lowest BCUT2D eigenvalue weighted by Crippen LogP contribution is -2.40. The fraction of sp³-hybridized carbons (Fsp3) is 0.200. The number of imide groups is 1. The molecule has 2 N–H and O–H groups in total. The van der Waals surface area contributed by atoms with Crippen LogP contribution in [-0.4, -0.2) is 39.0 Å². The molecule has 1 aromatic heterocycles. The van der Waals surface area contributed by atoms with Crippen LogP contribution in [-0.2, 0) is 4.79 Å². The molecule has 3 aromatic rings. The second kappa shape index (κ2) is 9.70. The van der Waals surface area contributed by atoms with Crippen LogP contribution in [0.1, 0.15) is 13.3 Å². The summed E-state index contributed by atoms with van der Waals surface area (Å²) < 4.78 is 1.91. The molecule has 144 valence electrons. The summed E-state index contributed by atoms with van der Waals surface area (Å²) in [6.07, 6.45) is 0.804. The molecule has 28 heavy (non-hydrogen) atoms. The first-order valence-electron chi connectivity index (χ1n) is 8.95. The van der Waals surface area contributed by atoms with Crippen molar-refractivity contribution in [2.24, 2.45) is 0 Å². The van der Waals surface area contributed by atoms with Gasteiger partial charge in [0.2, 0.25) is 5.91 Å². The van der Waals surface area contributed by atoms with Crippen LogP contribution in [0.15, 0.2) is 65.8 Å². The van der Waals surface area contributed by atoms with Crippen molar-refractivity contribution in [3.05, 3.63) is 60.7 Å². The molecule has 0 saturated carbocycles. The monoisotopic (exact) mass is 395 g/mol. The van der Waals surface area contributed by atoms with Gasteiger partial charge in [-0.2, -0.15) is 0 Å². The normalized spacial score (nSPS) is 10.5. The summed E-state index contributed by atoms with van der Waals surface area (Å²) in [5, 5.41) is 14.1. The fourth-order valence-corrected chi connectivity index (χ4v) is 3.27. The Morgan fingerprint density at radius 2 is 1.68 bits per heavy atom. The number of nitrogens with zero attached hydrogens (tertiary/aromatic N) is 3. The minimum absolute atomic E-state index is 0.0549. The fourth-order valence-electron chi connectivity index (χ4n) is 2.52. The molecule has 0 spiro atoms. The molecule has 0 bridgehead atoms. The van der Waals surface area contributed by atoms with E-state index in [1.807, 2.05) is 72.2 Å². The van der Waals surface area contributed by atoms with E-state index in [4.69, 9.17) is 0 Å². The lowest BCUT2D eigenvalue weighted by atomic mass is 10.2. The van der Waals surface area contributed by atoms with E-state index in [0.717, 1.165) is 17.7 Å². The number of rotatable bonds is 7. The van der Waals surface area contributed by atoms with E-state index in [9.17, 15) is 9.59 Å². The summed E-state index contributed by atoms with van der Waals surface area (Å²) in [5.74, 6) is 0.358. The van der Waals surface area contributed by atoms with Crippen molar-refractivity contribution in [2.75, 3.05) is 12.3 Å². The maximum absolute atomic E-state index is 12.1. The number of carbonyl (C=O) groups excluding carboxylic acids is 2. The van der Waals surface area contributed by atoms with Crippen LogP contribution in [0.25, 0.3) is 17.1 Å². The smallest absolute Gasteiger partial charge is 0.321 e. The standard InChI is InChI=1S/C20H21N5O2S/c1-2-13-21-19(27)22-17(26)14-28-20-24-23-18(15-9-5-3-6-10-15)25(20)16-11-7-4-8-12-16/h3-12H,2,13-14H2,1H3,(H2,21,22,26,27). The molecule has 7 nitrogen and oxygen atoms in total. The summed E-state index contributed by atoms with van der Waals surface area (Å²) in [6.45, 7) is 2.47. The Kier molecular flexibility index (Phi) is 6.80. The van der Waals surface area contributed by atoms with Gasteiger partial charge >= 0.3 is 6.03 Å². The Hall–Kier alpha value is -3.13. The van der Waals surface area contributed by atoms with E-state index in [1.54, 1.807) is 0 Å². The van der Waals surface area contributed by atoms with Crippen LogP contribution < -0.4 is 10.6 Å². The van der Waals surface area contributed by atoms with E-state index in [2.05, 4.69) is 20.8 Å². The molecule has 0 aliphatic carbocycles. The molecule has 3 amide bonds. The highest BCUT2D eigenvalue weighted by molar-refractivity contribution is 7.99.